The number of benzene rings is 2. The highest BCUT2D eigenvalue weighted by atomic mass is 32.2. The first-order chi connectivity index (χ1) is 12.9. The van der Waals surface area contributed by atoms with Crippen LogP contribution in [0.5, 0.6) is 0 Å². The minimum absolute atomic E-state index is 0.162. The molecule has 0 bridgehead atoms. The number of esters is 1. The zero-order valence-electron chi connectivity index (χ0n) is 15.5. The highest BCUT2D eigenvalue weighted by molar-refractivity contribution is 7.89. The Hall–Kier alpha value is -2.22. The Balaban J connectivity index is 1.67. The molecule has 6 nitrogen and oxygen atoms in total. The van der Waals surface area contributed by atoms with Crippen LogP contribution in [-0.2, 0) is 26.1 Å². The number of morpholine rings is 1. The molecule has 0 unspecified atom stereocenters. The third-order valence-electron chi connectivity index (χ3n) is 4.56. The zero-order valence-corrected chi connectivity index (χ0v) is 16.3. The number of hydrogen-bond donors (Lipinski definition) is 0. The fourth-order valence-electron chi connectivity index (χ4n) is 2.88. The molecule has 0 aromatic heterocycles. The molecule has 0 amide bonds. The monoisotopic (exact) mass is 389 g/mol. The van der Waals surface area contributed by atoms with Crippen molar-refractivity contribution in [1.82, 2.24) is 4.31 Å². The maximum Gasteiger partial charge on any atom is 0.338 e. The summed E-state index contributed by atoms with van der Waals surface area (Å²) in [7, 11) is -3.57. The molecule has 0 radical (unpaired) electrons. The maximum atomic E-state index is 12.6. The van der Waals surface area contributed by atoms with Gasteiger partial charge >= 0.3 is 5.97 Å². The van der Waals surface area contributed by atoms with Gasteiger partial charge in [-0.05, 0) is 49.2 Å². The summed E-state index contributed by atoms with van der Waals surface area (Å²) in [5.74, 6) is -0.480. The summed E-state index contributed by atoms with van der Waals surface area (Å²) < 4.78 is 37.2. The highest BCUT2D eigenvalue weighted by Crippen LogP contribution is 2.19. The zero-order chi connectivity index (χ0) is 19.4. The summed E-state index contributed by atoms with van der Waals surface area (Å²) in [6.07, 6.45) is 0. The van der Waals surface area contributed by atoms with E-state index in [9.17, 15) is 13.2 Å². The lowest BCUT2D eigenvalue weighted by Gasteiger charge is -2.26. The van der Waals surface area contributed by atoms with E-state index >= 15 is 0 Å². The Labute approximate surface area is 159 Å². The average molecular weight is 389 g/mol. The van der Waals surface area contributed by atoms with Crippen molar-refractivity contribution < 1.29 is 22.7 Å². The van der Waals surface area contributed by atoms with Gasteiger partial charge in [0.05, 0.1) is 23.7 Å². The van der Waals surface area contributed by atoms with Gasteiger partial charge in [-0.25, -0.2) is 13.2 Å². The molecule has 1 heterocycles. The summed E-state index contributed by atoms with van der Waals surface area (Å²) in [5.41, 5.74) is 3.43. The predicted octanol–water partition coefficient (Wildman–Crippen LogP) is 2.68. The maximum absolute atomic E-state index is 12.6. The summed E-state index contributed by atoms with van der Waals surface area (Å²) in [6.45, 7) is 5.58. The Bertz CT molecular complexity index is 916. The van der Waals surface area contributed by atoms with Crippen LogP contribution >= 0.6 is 0 Å². The second kappa shape index (κ2) is 8.21. The van der Waals surface area contributed by atoms with Gasteiger partial charge in [0.2, 0.25) is 10.0 Å². The van der Waals surface area contributed by atoms with Crippen LogP contribution in [-0.4, -0.2) is 45.0 Å². The van der Waals surface area contributed by atoms with Gasteiger partial charge in [-0.3, -0.25) is 0 Å². The van der Waals surface area contributed by atoms with Crippen LogP contribution in [0.25, 0.3) is 0 Å². The molecule has 1 aliphatic heterocycles. The number of carbonyl (C=O) groups excluding carboxylic acids is 1. The first-order valence-corrected chi connectivity index (χ1v) is 10.2. The van der Waals surface area contributed by atoms with Crippen LogP contribution in [0.15, 0.2) is 47.4 Å². The van der Waals surface area contributed by atoms with Crippen molar-refractivity contribution in [3.8, 4) is 0 Å². The van der Waals surface area contributed by atoms with E-state index < -0.39 is 16.0 Å². The first-order valence-electron chi connectivity index (χ1n) is 8.79. The number of hydrogen-bond acceptors (Lipinski definition) is 5. The number of carbonyl (C=O) groups is 1. The van der Waals surface area contributed by atoms with E-state index in [1.54, 1.807) is 0 Å². The van der Waals surface area contributed by atoms with Crippen LogP contribution in [0.2, 0.25) is 0 Å². The molecule has 1 aliphatic rings. The van der Waals surface area contributed by atoms with Gasteiger partial charge in [0, 0.05) is 13.1 Å². The SMILES string of the molecule is Cc1ccc(C)c(COC(=O)c2ccc(S(=O)(=O)N3CCOCC3)cc2)c1. The van der Waals surface area contributed by atoms with E-state index in [-0.39, 0.29) is 11.5 Å². The van der Waals surface area contributed by atoms with Crippen LogP contribution in [0.3, 0.4) is 0 Å². The van der Waals surface area contributed by atoms with E-state index in [4.69, 9.17) is 9.47 Å². The van der Waals surface area contributed by atoms with Gasteiger partial charge in [-0.15, -0.1) is 0 Å². The summed E-state index contributed by atoms with van der Waals surface area (Å²) >= 11 is 0. The van der Waals surface area contributed by atoms with E-state index in [2.05, 4.69) is 0 Å². The minimum atomic E-state index is -3.57. The lowest BCUT2D eigenvalue weighted by Crippen LogP contribution is -2.40. The fraction of sp³-hybridized carbons (Fsp3) is 0.350. The van der Waals surface area contributed by atoms with E-state index in [1.807, 2.05) is 32.0 Å². The van der Waals surface area contributed by atoms with Gasteiger partial charge in [-0.2, -0.15) is 4.31 Å². The summed E-state index contributed by atoms with van der Waals surface area (Å²) in [6, 6.07) is 11.8. The molecule has 0 atom stereocenters. The molecule has 1 saturated heterocycles. The molecular formula is C20H23NO5S. The second-order valence-electron chi connectivity index (χ2n) is 6.55. The van der Waals surface area contributed by atoms with E-state index in [0.29, 0.717) is 31.9 Å². The molecule has 1 fully saturated rings. The minimum Gasteiger partial charge on any atom is -0.457 e. The van der Waals surface area contributed by atoms with Crippen molar-refractivity contribution in [2.75, 3.05) is 26.3 Å². The second-order valence-corrected chi connectivity index (χ2v) is 8.48. The molecule has 144 valence electrons. The highest BCUT2D eigenvalue weighted by Gasteiger charge is 2.26. The van der Waals surface area contributed by atoms with Gasteiger partial charge in [-0.1, -0.05) is 23.8 Å². The van der Waals surface area contributed by atoms with Crippen molar-refractivity contribution in [2.24, 2.45) is 0 Å². The molecule has 7 heteroatoms. The normalized spacial score (nSPS) is 15.5. The molecule has 0 spiro atoms. The lowest BCUT2D eigenvalue weighted by molar-refractivity contribution is 0.0472. The molecule has 2 aromatic rings. The molecule has 0 aliphatic carbocycles. The number of aryl methyl sites for hydroxylation is 2. The van der Waals surface area contributed by atoms with E-state index in [1.165, 1.54) is 28.6 Å². The number of rotatable bonds is 5. The molecule has 3 rings (SSSR count). The van der Waals surface area contributed by atoms with Crippen LogP contribution in [0, 0.1) is 13.8 Å². The Morgan fingerprint density at radius 3 is 2.41 bits per heavy atom. The predicted molar refractivity (Wildman–Crippen MR) is 101 cm³/mol. The number of sulfonamides is 1. The average Bonchev–Trinajstić information content (AvgIpc) is 2.69. The topological polar surface area (TPSA) is 72.9 Å². The molecule has 0 saturated carbocycles. The standard InChI is InChI=1S/C20H23NO5S/c1-15-3-4-16(2)18(13-15)14-26-20(22)17-5-7-19(8-6-17)27(23,24)21-9-11-25-12-10-21/h3-8,13H,9-12,14H2,1-2H3. The smallest absolute Gasteiger partial charge is 0.338 e. The molecule has 0 N–H and O–H groups in total. The third kappa shape index (κ3) is 4.55. The summed E-state index contributed by atoms with van der Waals surface area (Å²) in [5, 5.41) is 0. The molecule has 27 heavy (non-hydrogen) atoms. The Kier molecular flexibility index (Phi) is 5.94. The Morgan fingerprint density at radius 2 is 1.74 bits per heavy atom. The first kappa shape index (κ1) is 19.5. The van der Waals surface area contributed by atoms with Gasteiger partial charge in [0.1, 0.15) is 6.61 Å². The summed E-state index contributed by atoms with van der Waals surface area (Å²) in [4.78, 5) is 12.4. The number of ether oxygens (including phenoxy) is 2. The van der Waals surface area contributed by atoms with Crippen molar-refractivity contribution in [2.45, 2.75) is 25.3 Å². The van der Waals surface area contributed by atoms with Crippen molar-refractivity contribution in [3.05, 3.63) is 64.7 Å². The van der Waals surface area contributed by atoms with Gasteiger partial charge in [0.15, 0.2) is 0 Å². The fourth-order valence-corrected chi connectivity index (χ4v) is 4.29. The van der Waals surface area contributed by atoms with Gasteiger partial charge < -0.3 is 9.47 Å². The largest absolute Gasteiger partial charge is 0.457 e. The molecule has 2 aromatic carbocycles. The van der Waals surface area contributed by atoms with Crippen LogP contribution in [0.1, 0.15) is 27.0 Å². The van der Waals surface area contributed by atoms with Crippen molar-refractivity contribution in [1.29, 1.82) is 0 Å². The van der Waals surface area contributed by atoms with Crippen LogP contribution < -0.4 is 0 Å². The Morgan fingerprint density at radius 1 is 1.07 bits per heavy atom. The number of nitrogens with zero attached hydrogens (tertiary/aromatic N) is 1. The van der Waals surface area contributed by atoms with Crippen molar-refractivity contribution in [3.63, 3.8) is 0 Å². The third-order valence-corrected chi connectivity index (χ3v) is 6.47. The van der Waals surface area contributed by atoms with E-state index in [0.717, 1.165) is 16.7 Å². The van der Waals surface area contributed by atoms with Gasteiger partial charge in [0.25, 0.3) is 0 Å². The van der Waals surface area contributed by atoms with Crippen LogP contribution in [0.4, 0.5) is 0 Å². The lowest BCUT2D eigenvalue weighted by atomic mass is 10.1. The van der Waals surface area contributed by atoms with Crippen molar-refractivity contribution >= 4 is 16.0 Å². The molecular weight excluding hydrogens is 366 g/mol. The quantitative estimate of drug-likeness (QED) is 0.735.